The maximum Gasteiger partial charge on any atom is 0.122 e. The molecule has 0 saturated heterocycles. The number of hydrogen-bond donors (Lipinski definition) is 0. The van der Waals surface area contributed by atoms with E-state index >= 15 is 0 Å². The van der Waals surface area contributed by atoms with Crippen LogP contribution in [0.5, 0.6) is 5.75 Å². The molecule has 0 unspecified atom stereocenters. The molecule has 1 aromatic rings. The van der Waals surface area contributed by atoms with E-state index < -0.39 is 0 Å². The summed E-state index contributed by atoms with van der Waals surface area (Å²) < 4.78 is 5.40. The van der Waals surface area contributed by atoms with E-state index in [9.17, 15) is 0 Å². The minimum absolute atomic E-state index is 0.830. The predicted molar refractivity (Wildman–Crippen MR) is 53.6 cm³/mol. The van der Waals surface area contributed by atoms with Crippen LogP contribution in [0.15, 0.2) is 23.2 Å². The van der Waals surface area contributed by atoms with Crippen LogP contribution in [0.1, 0.15) is 11.1 Å². The van der Waals surface area contributed by atoms with Crippen molar-refractivity contribution in [1.82, 2.24) is 0 Å². The predicted octanol–water partition coefficient (Wildman–Crippen LogP) is 2.99. The van der Waals surface area contributed by atoms with Crippen molar-refractivity contribution >= 4 is 22.0 Å². The SMILES string of the molecule is BrC=Cc1ccc2c(c1)CCO2. The van der Waals surface area contributed by atoms with E-state index in [2.05, 4.69) is 28.1 Å². The fraction of sp³-hybridized carbons (Fsp3) is 0.200. The number of benzene rings is 1. The number of rotatable bonds is 1. The van der Waals surface area contributed by atoms with Crippen LogP contribution in [-0.4, -0.2) is 6.61 Å². The third kappa shape index (κ3) is 1.39. The highest BCUT2D eigenvalue weighted by molar-refractivity contribution is 9.11. The van der Waals surface area contributed by atoms with E-state index in [0.717, 1.165) is 18.8 Å². The molecule has 1 aliphatic heterocycles. The largest absolute Gasteiger partial charge is 0.493 e. The van der Waals surface area contributed by atoms with Gasteiger partial charge in [-0.3, -0.25) is 0 Å². The highest BCUT2D eigenvalue weighted by Crippen LogP contribution is 2.26. The zero-order chi connectivity index (χ0) is 8.39. The lowest BCUT2D eigenvalue weighted by Crippen LogP contribution is -1.85. The number of fused-ring (bicyclic) bond motifs is 1. The van der Waals surface area contributed by atoms with Crippen molar-refractivity contribution in [3.05, 3.63) is 34.3 Å². The molecule has 0 amide bonds. The Morgan fingerprint density at radius 3 is 3.17 bits per heavy atom. The molecule has 0 atom stereocenters. The van der Waals surface area contributed by atoms with Crippen LogP contribution >= 0.6 is 15.9 Å². The van der Waals surface area contributed by atoms with Crippen LogP contribution in [-0.2, 0) is 6.42 Å². The first-order valence-electron chi connectivity index (χ1n) is 3.92. The molecule has 0 aromatic heterocycles. The molecule has 1 aromatic carbocycles. The van der Waals surface area contributed by atoms with Gasteiger partial charge in [0.25, 0.3) is 0 Å². The first kappa shape index (κ1) is 7.87. The third-order valence-corrected chi connectivity index (χ3v) is 2.23. The van der Waals surface area contributed by atoms with E-state index in [1.54, 1.807) is 0 Å². The second-order valence-electron chi connectivity index (χ2n) is 2.76. The fourth-order valence-corrected chi connectivity index (χ4v) is 1.69. The molecule has 1 heterocycles. The van der Waals surface area contributed by atoms with Crippen LogP contribution in [0.2, 0.25) is 0 Å². The maximum absolute atomic E-state index is 5.40. The van der Waals surface area contributed by atoms with Gasteiger partial charge in [-0.2, -0.15) is 0 Å². The molecule has 0 saturated carbocycles. The first-order valence-corrected chi connectivity index (χ1v) is 4.84. The van der Waals surface area contributed by atoms with Gasteiger partial charge in [-0.25, -0.2) is 0 Å². The Bertz CT molecular complexity index is 318. The molecule has 0 N–H and O–H groups in total. The standard InChI is InChI=1S/C10H9BrO/c11-5-3-8-1-2-10-9(7-8)4-6-12-10/h1-3,5,7H,4,6H2. The molecule has 0 aliphatic carbocycles. The molecule has 2 rings (SSSR count). The quantitative estimate of drug-likeness (QED) is 0.713. The topological polar surface area (TPSA) is 9.23 Å². The highest BCUT2D eigenvalue weighted by atomic mass is 79.9. The van der Waals surface area contributed by atoms with E-state index in [4.69, 9.17) is 4.74 Å². The molecule has 0 bridgehead atoms. The summed E-state index contributed by atoms with van der Waals surface area (Å²) in [5.41, 5.74) is 2.54. The Morgan fingerprint density at radius 2 is 2.33 bits per heavy atom. The molecule has 0 fully saturated rings. The van der Waals surface area contributed by atoms with Crippen LogP contribution in [0.4, 0.5) is 0 Å². The zero-order valence-corrected chi connectivity index (χ0v) is 8.17. The summed E-state index contributed by atoms with van der Waals surface area (Å²) in [6.07, 6.45) is 3.07. The lowest BCUT2D eigenvalue weighted by Gasteiger charge is -1.98. The third-order valence-electron chi connectivity index (χ3n) is 1.97. The van der Waals surface area contributed by atoms with Gasteiger partial charge in [0.2, 0.25) is 0 Å². The van der Waals surface area contributed by atoms with Gasteiger partial charge in [0.1, 0.15) is 5.75 Å². The number of hydrogen-bond acceptors (Lipinski definition) is 1. The average molecular weight is 225 g/mol. The van der Waals surface area contributed by atoms with Gasteiger partial charge in [-0.15, -0.1) is 0 Å². The van der Waals surface area contributed by atoms with Crippen molar-refractivity contribution in [1.29, 1.82) is 0 Å². The fourth-order valence-electron chi connectivity index (χ4n) is 1.38. The van der Waals surface area contributed by atoms with Crippen molar-refractivity contribution in [3.8, 4) is 5.75 Å². The van der Waals surface area contributed by atoms with Gasteiger partial charge in [0, 0.05) is 6.42 Å². The van der Waals surface area contributed by atoms with Crippen molar-refractivity contribution < 1.29 is 4.74 Å². The molecule has 1 aliphatic rings. The van der Waals surface area contributed by atoms with Gasteiger partial charge in [0.15, 0.2) is 0 Å². The van der Waals surface area contributed by atoms with E-state index in [-0.39, 0.29) is 0 Å². The lowest BCUT2D eigenvalue weighted by molar-refractivity contribution is 0.357. The molecule has 12 heavy (non-hydrogen) atoms. The Balaban J connectivity index is 2.38. The zero-order valence-electron chi connectivity index (χ0n) is 6.59. The van der Waals surface area contributed by atoms with Crippen LogP contribution in [0, 0.1) is 0 Å². The molecular weight excluding hydrogens is 216 g/mol. The minimum atomic E-state index is 0.830. The minimum Gasteiger partial charge on any atom is -0.493 e. The van der Waals surface area contributed by atoms with Gasteiger partial charge < -0.3 is 4.74 Å². The Morgan fingerprint density at radius 1 is 1.42 bits per heavy atom. The summed E-state index contributed by atoms with van der Waals surface area (Å²) in [5.74, 6) is 1.04. The summed E-state index contributed by atoms with van der Waals surface area (Å²) in [6, 6.07) is 6.26. The molecule has 0 radical (unpaired) electrons. The van der Waals surface area contributed by atoms with E-state index in [0.29, 0.717) is 0 Å². The summed E-state index contributed by atoms with van der Waals surface area (Å²) in [6.45, 7) is 0.830. The van der Waals surface area contributed by atoms with Crippen LogP contribution < -0.4 is 4.74 Å². The number of ether oxygens (including phenoxy) is 1. The molecular formula is C10H9BrO. The maximum atomic E-state index is 5.40. The summed E-state index contributed by atoms with van der Waals surface area (Å²) >= 11 is 3.25. The van der Waals surface area contributed by atoms with Crippen LogP contribution in [0.25, 0.3) is 6.08 Å². The van der Waals surface area contributed by atoms with Gasteiger partial charge >= 0.3 is 0 Å². The van der Waals surface area contributed by atoms with E-state index in [1.807, 2.05) is 17.1 Å². The number of halogens is 1. The van der Waals surface area contributed by atoms with Crippen molar-refractivity contribution in [2.24, 2.45) is 0 Å². The van der Waals surface area contributed by atoms with Gasteiger partial charge in [0.05, 0.1) is 6.61 Å². The Hall–Kier alpha value is -0.760. The summed E-state index contributed by atoms with van der Waals surface area (Å²) in [7, 11) is 0. The second kappa shape index (κ2) is 3.31. The van der Waals surface area contributed by atoms with Crippen molar-refractivity contribution in [2.75, 3.05) is 6.61 Å². The summed E-state index contributed by atoms with van der Waals surface area (Å²) in [4.78, 5) is 1.87. The molecule has 0 spiro atoms. The van der Waals surface area contributed by atoms with Crippen LogP contribution in [0.3, 0.4) is 0 Å². The first-order chi connectivity index (χ1) is 5.90. The second-order valence-corrected chi connectivity index (χ2v) is 3.29. The smallest absolute Gasteiger partial charge is 0.122 e. The highest BCUT2D eigenvalue weighted by Gasteiger charge is 2.10. The normalized spacial score (nSPS) is 14.8. The summed E-state index contributed by atoms with van der Waals surface area (Å²) in [5, 5.41) is 0. The molecule has 62 valence electrons. The van der Waals surface area contributed by atoms with Crippen molar-refractivity contribution in [3.63, 3.8) is 0 Å². The van der Waals surface area contributed by atoms with Crippen molar-refractivity contribution in [2.45, 2.75) is 6.42 Å². The Labute approximate surface area is 80.2 Å². The van der Waals surface area contributed by atoms with E-state index in [1.165, 1.54) is 11.1 Å². The average Bonchev–Trinajstić information content (AvgIpc) is 2.51. The van der Waals surface area contributed by atoms with Gasteiger partial charge in [-0.05, 0) is 34.3 Å². The molecule has 2 heteroatoms. The monoisotopic (exact) mass is 224 g/mol. The Kier molecular flexibility index (Phi) is 2.17. The molecule has 1 nitrogen and oxygen atoms in total. The van der Waals surface area contributed by atoms with Gasteiger partial charge in [-0.1, -0.05) is 22.0 Å². The lowest BCUT2D eigenvalue weighted by atomic mass is 10.1.